The Labute approximate surface area is 112 Å². The van der Waals surface area contributed by atoms with Crippen LogP contribution in [0.5, 0.6) is 0 Å². The molecule has 1 aliphatic rings. The third kappa shape index (κ3) is 2.57. The summed E-state index contributed by atoms with van der Waals surface area (Å²) in [4.78, 5) is 2.52. The van der Waals surface area contributed by atoms with Crippen molar-refractivity contribution in [1.82, 2.24) is 0 Å². The van der Waals surface area contributed by atoms with Gasteiger partial charge in [-0.1, -0.05) is 12.1 Å². The molecule has 2 aromatic rings. The van der Waals surface area contributed by atoms with Gasteiger partial charge in [0.1, 0.15) is 0 Å². The molecule has 0 saturated heterocycles. The molecule has 2 nitrogen and oxygen atoms in total. The van der Waals surface area contributed by atoms with Crippen LogP contribution in [0.15, 0.2) is 41.1 Å². The standard InChI is InChI=1S/C15H18N2S/c16-9-12-2-1-3-15(8-12)17(14-4-5-14)10-13-6-7-18-11-13/h1-3,6-8,11,14H,4-5,9-10,16H2. The van der Waals surface area contributed by atoms with Crippen LogP contribution in [-0.2, 0) is 13.1 Å². The summed E-state index contributed by atoms with van der Waals surface area (Å²) < 4.78 is 0. The lowest BCUT2D eigenvalue weighted by Gasteiger charge is -2.25. The van der Waals surface area contributed by atoms with E-state index in [0.29, 0.717) is 6.54 Å². The maximum atomic E-state index is 5.73. The van der Waals surface area contributed by atoms with Crippen LogP contribution < -0.4 is 10.6 Å². The first-order chi connectivity index (χ1) is 8.86. The monoisotopic (exact) mass is 258 g/mol. The van der Waals surface area contributed by atoms with E-state index in [2.05, 4.69) is 46.0 Å². The Kier molecular flexibility index (Phi) is 3.35. The van der Waals surface area contributed by atoms with Crippen molar-refractivity contribution < 1.29 is 0 Å². The molecule has 94 valence electrons. The number of anilines is 1. The molecule has 0 unspecified atom stereocenters. The molecule has 0 atom stereocenters. The van der Waals surface area contributed by atoms with Crippen LogP contribution >= 0.6 is 11.3 Å². The zero-order valence-corrected chi connectivity index (χ0v) is 11.2. The summed E-state index contributed by atoms with van der Waals surface area (Å²) in [7, 11) is 0. The predicted octanol–water partition coefficient (Wildman–Crippen LogP) is 3.38. The Hall–Kier alpha value is -1.32. The Morgan fingerprint density at radius 1 is 1.22 bits per heavy atom. The van der Waals surface area contributed by atoms with Crippen molar-refractivity contribution in [3.63, 3.8) is 0 Å². The topological polar surface area (TPSA) is 29.3 Å². The fourth-order valence-corrected chi connectivity index (χ4v) is 2.92. The van der Waals surface area contributed by atoms with Crippen LogP contribution in [0.2, 0.25) is 0 Å². The van der Waals surface area contributed by atoms with Crippen LogP contribution in [-0.4, -0.2) is 6.04 Å². The van der Waals surface area contributed by atoms with Gasteiger partial charge in [-0.3, -0.25) is 0 Å². The second kappa shape index (κ2) is 5.12. The molecule has 0 aliphatic heterocycles. The van der Waals surface area contributed by atoms with Crippen molar-refractivity contribution in [2.75, 3.05) is 4.90 Å². The second-order valence-corrected chi connectivity index (χ2v) is 5.64. The van der Waals surface area contributed by atoms with Gasteiger partial charge in [0.15, 0.2) is 0 Å². The molecule has 18 heavy (non-hydrogen) atoms. The van der Waals surface area contributed by atoms with Crippen molar-refractivity contribution in [3.8, 4) is 0 Å². The molecule has 0 amide bonds. The lowest BCUT2D eigenvalue weighted by molar-refractivity contribution is 0.795. The molecule has 1 fully saturated rings. The summed E-state index contributed by atoms with van der Waals surface area (Å²) in [6, 6.07) is 11.6. The Morgan fingerprint density at radius 3 is 2.78 bits per heavy atom. The first-order valence-electron chi connectivity index (χ1n) is 6.43. The summed E-state index contributed by atoms with van der Waals surface area (Å²) in [6.45, 7) is 1.63. The molecule has 1 aromatic heterocycles. The minimum atomic E-state index is 0.616. The van der Waals surface area contributed by atoms with Crippen LogP contribution in [0.25, 0.3) is 0 Å². The lowest BCUT2D eigenvalue weighted by atomic mass is 10.1. The summed E-state index contributed by atoms with van der Waals surface area (Å²) in [5, 5.41) is 4.39. The Balaban J connectivity index is 1.84. The highest BCUT2D eigenvalue weighted by molar-refractivity contribution is 7.07. The molecule has 0 radical (unpaired) electrons. The highest BCUT2D eigenvalue weighted by Crippen LogP contribution is 2.33. The van der Waals surface area contributed by atoms with Gasteiger partial charge in [0.05, 0.1) is 0 Å². The third-order valence-corrected chi connectivity index (χ3v) is 4.13. The van der Waals surface area contributed by atoms with Crippen molar-refractivity contribution in [2.45, 2.75) is 32.0 Å². The zero-order valence-electron chi connectivity index (χ0n) is 10.4. The lowest BCUT2D eigenvalue weighted by Crippen LogP contribution is -2.24. The quantitative estimate of drug-likeness (QED) is 0.891. The van der Waals surface area contributed by atoms with E-state index in [1.54, 1.807) is 11.3 Å². The predicted molar refractivity (Wildman–Crippen MR) is 77.9 cm³/mol. The molecule has 1 saturated carbocycles. The SMILES string of the molecule is NCc1cccc(N(Cc2ccsc2)C2CC2)c1. The molecule has 2 N–H and O–H groups in total. The molecule has 0 bridgehead atoms. The number of hydrogen-bond donors (Lipinski definition) is 1. The first kappa shape index (κ1) is 11.8. The van der Waals surface area contributed by atoms with E-state index in [1.807, 2.05) is 0 Å². The molecule has 1 aliphatic carbocycles. The number of hydrogen-bond acceptors (Lipinski definition) is 3. The molecule has 3 rings (SSSR count). The third-order valence-electron chi connectivity index (χ3n) is 3.40. The number of rotatable bonds is 5. The maximum Gasteiger partial charge on any atom is 0.0440 e. The fraction of sp³-hybridized carbons (Fsp3) is 0.333. The van der Waals surface area contributed by atoms with Crippen LogP contribution in [0, 0.1) is 0 Å². The van der Waals surface area contributed by atoms with Gasteiger partial charge in [-0.2, -0.15) is 11.3 Å². The summed E-state index contributed by atoms with van der Waals surface area (Å²) in [5.41, 5.74) is 9.66. The van der Waals surface area contributed by atoms with Gasteiger partial charge in [-0.15, -0.1) is 0 Å². The zero-order chi connectivity index (χ0) is 12.4. The summed E-state index contributed by atoms with van der Waals surface area (Å²) >= 11 is 1.77. The second-order valence-electron chi connectivity index (χ2n) is 4.86. The average molecular weight is 258 g/mol. The normalized spacial score (nSPS) is 14.7. The van der Waals surface area contributed by atoms with E-state index < -0.39 is 0 Å². The molecule has 1 heterocycles. The maximum absolute atomic E-state index is 5.73. The van der Waals surface area contributed by atoms with Crippen molar-refractivity contribution >= 4 is 17.0 Å². The highest BCUT2D eigenvalue weighted by atomic mass is 32.1. The number of nitrogens with two attached hydrogens (primary N) is 1. The van der Waals surface area contributed by atoms with Gasteiger partial charge < -0.3 is 10.6 Å². The van der Waals surface area contributed by atoms with E-state index in [1.165, 1.54) is 29.7 Å². The van der Waals surface area contributed by atoms with E-state index >= 15 is 0 Å². The van der Waals surface area contributed by atoms with Crippen LogP contribution in [0.3, 0.4) is 0 Å². The van der Waals surface area contributed by atoms with E-state index in [-0.39, 0.29) is 0 Å². The van der Waals surface area contributed by atoms with Crippen LogP contribution in [0.1, 0.15) is 24.0 Å². The van der Waals surface area contributed by atoms with E-state index in [0.717, 1.165) is 12.6 Å². The summed E-state index contributed by atoms with van der Waals surface area (Å²) in [5.74, 6) is 0. The smallest absolute Gasteiger partial charge is 0.0440 e. The number of nitrogens with zero attached hydrogens (tertiary/aromatic N) is 1. The van der Waals surface area contributed by atoms with Crippen molar-refractivity contribution in [2.24, 2.45) is 5.73 Å². The Morgan fingerprint density at radius 2 is 2.11 bits per heavy atom. The van der Waals surface area contributed by atoms with Gasteiger partial charge in [0, 0.05) is 24.8 Å². The summed E-state index contributed by atoms with van der Waals surface area (Å²) in [6.07, 6.45) is 2.63. The fourth-order valence-electron chi connectivity index (χ4n) is 2.26. The van der Waals surface area contributed by atoms with Gasteiger partial charge in [0.25, 0.3) is 0 Å². The van der Waals surface area contributed by atoms with Crippen molar-refractivity contribution in [1.29, 1.82) is 0 Å². The molecular formula is C15H18N2S. The van der Waals surface area contributed by atoms with Gasteiger partial charge in [-0.25, -0.2) is 0 Å². The molecular weight excluding hydrogens is 240 g/mol. The molecule has 0 spiro atoms. The van der Waals surface area contributed by atoms with Gasteiger partial charge in [0.2, 0.25) is 0 Å². The molecule has 3 heteroatoms. The van der Waals surface area contributed by atoms with Crippen LogP contribution in [0.4, 0.5) is 5.69 Å². The largest absolute Gasteiger partial charge is 0.364 e. The van der Waals surface area contributed by atoms with Crippen molar-refractivity contribution in [3.05, 3.63) is 52.2 Å². The van der Waals surface area contributed by atoms with Gasteiger partial charge >= 0.3 is 0 Å². The minimum Gasteiger partial charge on any atom is -0.364 e. The highest BCUT2D eigenvalue weighted by Gasteiger charge is 2.29. The van der Waals surface area contributed by atoms with E-state index in [4.69, 9.17) is 5.73 Å². The first-order valence-corrected chi connectivity index (χ1v) is 7.38. The number of thiophene rings is 1. The number of benzene rings is 1. The van der Waals surface area contributed by atoms with Gasteiger partial charge in [-0.05, 0) is 52.9 Å². The molecule has 1 aromatic carbocycles. The Bertz CT molecular complexity index is 503. The minimum absolute atomic E-state index is 0.616. The van der Waals surface area contributed by atoms with E-state index in [9.17, 15) is 0 Å². The average Bonchev–Trinajstić information content (AvgIpc) is 3.13.